The number of carbonyl (C=O) groups excluding carboxylic acids is 1. The van der Waals surface area contributed by atoms with Crippen molar-refractivity contribution in [2.75, 3.05) is 17.7 Å². The highest BCUT2D eigenvalue weighted by Gasteiger charge is 2.26. The van der Waals surface area contributed by atoms with Crippen molar-refractivity contribution in [1.29, 1.82) is 5.26 Å². The Morgan fingerprint density at radius 2 is 2.16 bits per heavy atom. The molecule has 1 atom stereocenters. The number of amides is 1. The van der Waals surface area contributed by atoms with Crippen LogP contribution in [-0.4, -0.2) is 33.0 Å². The van der Waals surface area contributed by atoms with E-state index in [1.54, 1.807) is 17.4 Å². The van der Waals surface area contributed by atoms with Crippen LogP contribution in [0.15, 0.2) is 42.1 Å². The fraction of sp³-hybridized carbons (Fsp3) is 0.429. The molecule has 0 aliphatic heterocycles. The Hall–Kier alpha value is -3.09. The summed E-state index contributed by atoms with van der Waals surface area (Å²) in [5.41, 5.74) is 2.66. The molecule has 1 unspecified atom stereocenters. The molecule has 7 nitrogen and oxygen atoms in total. The van der Waals surface area contributed by atoms with Crippen molar-refractivity contribution in [3.05, 3.63) is 52.9 Å². The van der Waals surface area contributed by atoms with Crippen LogP contribution in [0.1, 0.15) is 49.6 Å². The zero-order valence-corrected chi connectivity index (χ0v) is 23.3. The number of fused-ring (bicyclic) bond motifs is 1. The van der Waals surface area contributed by atoms with Gasteiger partial charge in [-0.2, -0.15) is 5.26 Å². The van der Waals surface area contributed by atoms with Crippen LogP contribution in [0.2, 0.25) is 0 Å². The summed E-state index contributed by atoms with van der Waals surface area (Å²) in [6.07, 6.45) is 5.94. The molecule has 1 amide bonds. The first-order valence-electron chi connectivity index (χ1n) is 12.7. The van der Waals surface area contributed by atoms with Gasteiger partial charge >= 0.3 is 0 Å². The number of hydrogen-bond donors (Lipinski definition) is 1. The van der Waals surface area contributed by atoms with Gasteiger partial charge in [0.05, 0.1) is 17.9 Å². The lowest BCUT2D eigenvalue weighted by atomic mass is 9.86. The Labute approximate surface area is 226 Å². The second-order valence-corrected chi connectivity index (χ2v) is 11.7. The van der Waals surface area contributed by atoms with Crippen LogP contribution in [0, 0.1) is 23.2 Å². The molecule has 0 fully saturated rings. The molecule has 1 aliphatic rings. The first kappa shape index (κ1) is 27.0. The molecule has 0 saturated carbocycles. The van der Waals surface area contributed by atoms with Gasteiger partial charge in [0.15, 0.2) is 11.0 Å². The maximum absolute atomic E-state index is 12.9. The summed E-state index contributed by atoms with van der Waals surface area (Å²) in [5, 5.41) is 22.8. The predicted octanol–water partition coefficient (Wildman–Crippen LogP) is 6.34. The second-order valence-electron chi connectivity index (χ2n) is 9.61. The minimum atomic E-state index is -0.159. The van der Waals surface area contributed by atoms with E-state index in [-0.39, 0.29) is 11.7 Å². The van der Waals surface area contributed by atoms with Crippen LogP contribution >= 0.6 is 23.1 Å². The molecule has 37 heavy (non-hydrogen) atoms. The number of nitrogens with one attached hydrogen (secondary N) is 1. The highest BCUT2D eigenvalue weighted by atomic mass is 32.2. The molecule has 1 N–H and O–H groups in total. The van der Waals surface area contributed by atoms with E-state index >= 15 is 0 Å². The zero-order chi connectivity index (χ0) is 26.4. The maximum Gasteiger partial charge on any atom is 0.235 e. The van der Waals surface area contributed by atoms with E-state index in [1.807, 2.05) is 28.8 Å². The lowest BCUT2D eigenvalue weighted by Crippen LogP contribution is -2.15. The average Bonchev–Trinajstić information content (AvgIpc) is 3.46. The molecule has 4 rings (SSSR count). The number of thioether (sulfide) groups is 1. The highest BCUT2D eigenvalue weighted by molar-refractivity contribution is 7.99. The molecule has 1 aromatic carbocycles. The lowest BCUT2D eigenvalue weighted by molar-refractivity contribution is -0.113. The number of allylic oxidation sites excluding steroid dienone is 1. The van der Waals surface area contributed by atoms with Gasteiger partial charge < -0.3 is 10.1 Å². The number of rotatable bonds is 11. The van der Waals surface area contributed by atoms with E-state index in [1.165, 1.54) is 16.6 Å². The molecule has 0 spiro atoms. The largest absolute Gasteiger partial charge is 0.493 e. The fourth-order valence-electron chi connectivity index (χ4n) is 4.37. The van der Waals surface area contributed by atoms with Gasteiger partial charge in [0, 0.05) is 17.0 Å². The lowest BCUT2D eigenvalue weighted by Gasteiger charge is -2.20. The minimum Gasteiger partial charge on any atom is -0.493 e. The third-order valence-corrected chi connectivity index (χ3v) is 8.50. The molecule has 2 aromatic heterocycles. The number of carbonyl (C=O) groups is 1. The van der Waals surface area contributed by atoms with Gasteiger partial charge in [0.25, 0.3) is 0 Å². The predicted molar refractivity (Wildman–Crippen MR) is 150 cm³/mol. The van der Waals surface area contributed by atoms with Crippen LogP contribution in [0.25, 0.3) is 11.4 Å². The third kappa shape index (κ3) is 6.43. The van der Waals surface area contributed by atoms with E-state index in [0.29, 0.717) is 46.5 Å². The summed E-state index contributed by atoms with van der Waals surface area (Å²) in [5.74, 6) is 2.65. The number of nitriles is 1. The van der Waals surface area contributed by atoms with E-state index in [4.69, 9.17) is 4.74 Å². The van der Waals surface area contributed by atoms with Gasteiger partial charge in [-0.05, 0) is 60.9 Å². The summed E-state index contributed by atoms with van der Waals surface area (Å²) < 4.78 is 7.73. The maximum atomic E-state index is 12.9. The monoisotopic (exact) mass is 535 g/mol. The summed E-state index contributed by atoms with van der Waals surface area (Å²) in [6.45, 7) is 11.5. The fourth-order valence-corrected chi connectivity index (χ4v) is 6.44. The topological polar surface area (TPSA) is 92.8 Å². The van der Waals surface area contributed by atoms with Gasteiger partial charge in [-0.3, -0.25) is 9.36 Å². The Morgan fingerprint density at radius 3 is 2.84 bits per heavy atom. The van der Waals surface area contributed by atoms with E-state index in [9.17, 15) is 10.1 Å². The van der Waals surface area contributed by atoms with Crippen LogP contribution < -0.4 is 10.1 Å². The summed E-state index contributed by atoms with van der Waals surface area (Å²) in [4.78, 5) is 14.1. The van der Waals surface area contributed by atoms with E-state index < -0.39 is 0 Å². The molecular formula is C28H33N5O2S2. The van der Waals surface area contributed by atoms with Crippen molar-refractivity contribution in [3.63, 3.8) is 0 Å². The summed E-state index contributed by atoms with van der Waals surface area (Å²) >= 11 is 2.88. The van der Waals surface area contributed by atoms with Crippen molar-refractivity contribution in [2.24, 2.45) is 11.8 Å². The van der Waals surface area contributed by atoms with Gasteiger partial charge in [-0.15, -0.1) is 28.1 Å². The van der Waals surface area contributed by atoms with Crippen molar-refractivity contribution < 1.29 is 9.53 Å². The average molecular weight is 536 g/mol. The van der Waals surface area contributed by atoms with Crippen molar-refractivity contribution in [1.82, 2.24) is 14.8 Å². The quantitative estimate of drug-likeness (QED) is 0.227. The molecular weight excluding hydrogens is 502 g/mol. The molecule has 2 heterocycles. The highest BCUT2D eigenvalue weighted by Crippen LogP contribution is 2.40. The zero-order valence-electron chi connectivity index (χ0n) is 21.6. The number of anilines is 1. The summed E-state index contributed by atoms with van der Waals surface area (Å²) in [6, 6.07) is 10.1. The van der Waals surface area contributed by atoms with Crippen LogP contribution in [0.5, 0.6) is 5.75 Å². The Kier molecular flexibility index (Phi) is 9.06. The van der Waals surface area contributed by atoms with Gasteiger partial charge in [-0.25, -0.2) is 0 Å². The standard InChI is InChI=1S/C28H33N5O2S2/c1-5-13-33-26(20-8-10-21(11-9-20)35-16-18(3)4)31-32-28(33)36-17-25(34)30-27-23(15-29)22-12-7-19(6-2)14-24(22)37-27/h5,8-11,18-19H,1,6-7,12-14,16-17H2,2-4H3,(H,30,34). The molecule has 194 valence electrons. The second kappa shape index (κ2) is 12.4. The van der Waals surface area contributed by atoms with E-state index in [2.05, 4.69) is 48.9 Å². The molecule has 0 radical (unpaired) electrons. The van der Waals surface area contributed by atoms with Crippen molar-refractivity contribution in [2.45, 2.75) is 58.2 Å². The molecule has 0 bridgehead atoms. The van der Waals surface area contributed by atoms with Gasteiger partial charge in [0.1, 0.15) is 16.8 Å². The third-order valence-electron chi connectivity index (χ3n) is 6.37. The van der Waals surface area contributed by atoms with Crippen LogP contribution in [0.4, 0.5) is 5.00 Å². The SMILES string of the molecule is C=CCn1c(SCC(=O)Nc2sc3c(c2C#N)CCC(CC)C3)nnc1-c1ccc(OCC(C)C)cc1. The number of ether oxygens (including phenoxy) is 1. The molecule has 1 aliphatic carbocycles. The Bertz CT molecular complexity index is 1290. The number of aromatic nitrogens is 3. The van der Waals surface area contributed by atoms with Gasteiger partial charge in [0.2, 0.25) is 5.91 Å². The smallest absolute Gasteiger partial charge is 0.235 e. The number of benzene rings is 1. The van der Waals surface area contributed by atoms with Crippen LogP contribution in [0.3, 0.4) is 0 Å². The normalized spacial score (nSPS) is 14.7. The Morgan fingerprint density at radius 1 is 1.38 bits per heavy atom. The molecule has 3 aromatic rings. The first-order chi connectivity index (χ1) is 17.9. The summed E-state index contributed by atoms with van der Waals surface area (Å²) in [7, 11) is 0. The number of hydrogen-bond acceptors (Lipinski definition) is 7. The van der Waals surface area contributed by atoms with Gasteiger partial charge in [-0.1, -0.05) is 45.0 Å². The first-order valence-corrected chi connectivity index (χ1v) is 14.5. The van der Waals surface area contributed by atoms with Crippen molar-refractivity contribution in [3.8, 4) is 23.2 Å². The Balaban J connectivity index is 1.43. The van der Waals surface area contributed by atoms with Crippen LogP contribution in [-0.2, 0) is 24.2 Å². The van der Waals surface area contributed by atoms with E-state index in [0.717, 1.165) is 42.6 Å². The number of thiophene rings is 1. The minimum absolute atomic E-state index is 0.159. The molecule has 9 heteroatoms. The number of nitrogens with zero attached hydrogens (tertiary/aromatic N) is 4. The van der Waals surface area contributed by atoms with Crippen molar-refractivity contribution >= 4 is 34.0 Å². The molecule has 0 saturated heterocycles.